The van der Waals surface area contributed by atoms with Crippen molar-refractivity contribution in [3.63, 3.8) is 0 Å². The number of aromatic amines is 2. The fourth-order valence-electron chi connectivity index (χ4n) is 13.4. The van der Waals surface area contributed by atoms with Crippen LogP contribution in [0.1, 0.15) is 122 Å². The minimum atomic E-state index is -2.00. The predicted molar refractivity (Wildman–Crippen MR) is 445 cm³/mol. The minimum Gasteiger partial charge on any atom is -0.481 e. The second-order valence-electron chi connectivity index (χ2n) is 29.8. The van der Waals surface area contributed by atoms with Gasteiger partial charge < -0.3 is 112 Å². The number of primary amides is 1. The molecule has 4 aromatic carbocycles. The molecule has 1 aliphatic rings. The fraction of sp³-hybridized carbons (Fsp3) is 0.481. The van der Waals surface area contributed by atoms with Crippen LogP contribution in [-0.4, -0.2) is 225 Å². The number of para-hydroxylation sites is 2. The number of guanidine groups is 1. The number of rotatable bonds is 24. The molecule has 0 saturated carbocycles. The summed E-state index contributed by atoms with van der Waals surface area (Å²) in [7, 11) is 0. The molecule has 13 atom stereocenters. The second kappa shape index (κ2) is 46.7. The van der Waals surface area contributed by atoms with E-state index in [9.17, 15) is 67.7 Å². The van der Waals surface area contributed by atoms with Crippen molar-refractivity contribution in [2.45, 2.75) is 198 Å². The normalized spacial score (nSPS) is 23.4. The van der Waals surface area contributed by atoms with Crippen LogP contribution in [0.25, 0.3) is 32.6 Å². The van der Waals surface area contributed by atoms with E-state index in [0.717, 1.165) is 22.5 Å². The van der Waals surface area contributed by atoms with E-state index >= 15 is 14.4 Å². The quantitative estimate of drug-likeness (QED) is 0.0192. The van der Waals surface area contributed by atoms with E-state index in [0.29, 0.717) is 57.8 Å². The van der Waals surface area contributed by atoms with Gasteiger partial charge in [0.15, 0.2) is 5.96 Å². The number of unbranched alkanes of at least 4 members (excludes halogenated alkanes) is 2. The topological polar surface area (TPSA) is 598 Å². The molecule has 644 valence electrons. The summed E-state index contributed by atoms with van der Waals surface area (Å²) in [6, 6.07) is 8.22. The van der Waals surface area contributed by atoms with Crippen molar-refractivity contribution in [3.05, 3.63) is 120 Å². The van der Waals surface area contributed by atoms with Crippen molar-refractivity contribution in [1.82, 2.24) is 84.4 Å². The Morgan fingerprint density at radius 3 is 1.56 bits per heavy atom. The smallest absolute Gasteiger partial charge is 0.305 e. The SMILES string of the molecule is CCCC[C@@H]1NC(=O)[C@H](Cc2c[nH]c3ccccc23)NC(=O)[C@H](CC(=O)O)NC(=O)[C@H](CCCNC(=N)N)NC(=O)CNC(=O)[C@H](CO)NC(=O)[C@@H]([C@@H](C)CC)NC(=O)[C@H](Cc2ccc3ccccc3c2)NC(=O)[C@H](C)NC(=O)CSC[C@@H](C(N)=O)NC(=O)[C@H](C(C)C)NC(=O)[C@H](Cc2c[nH]c3ccccc23)NC(=O)[C@@H](CCCCN)NC1=O. The van der Waals surface area contributed by atoms with Crippen LogP contribution in [0.15, 0.2) is 103 Å². The summed E-state index contributed by atoms with van der Waals surface area (Å²) < 4.78 is 0. The number of aliphatic carboxylic acids is 1. The maximum atomic E-state index is 15.1. The van der Waals surface area contributed by atoms with Crippen LogP contribution in [0.5, 0.6) is 0 Å². The second-order valence-corrected chi connectivity index (χ2v) is 30.9. The van der Waals surface area contributed by atoms with Crippen LogP contribution in [0, 0.1) is 17.2 Å². The molecule has 37 nitrogen and oxygen atoms in total. The van der Waals surface area contributed by atoms with E-state index in [1.807, 2.05) is 31.2 Å². The standard InChI is InChI=1S/C81H112N20O17S/c1-7-9-23-56-73(111)92-57(26-16-17-30-82)74(112)95-60(35-50-38-88-54-25-15-13-22-52(50)54)78(116)100-67(43(3)4)79(117)99-63(69(83)107)41-119-42-65(104)90-45(6)70(108)94-58(33-46-28-29-47-19-10-11-20-48(47)32-46)77(115)101-68(44(5)8-2)80(118)98-62(40-102)71(109)89-39-64(103)91-55(27-18-31-86-81(84)85)72(110)97-61(36-66(105)106)76(114)96-59(75(113)93-56)34-49-37-87-53-24-14-12-21-51(49)53/h10-15,19-22,24-25,28-29,32,37-38,43-45,55-63,67-68,87-88,102H,7-9,16-18,23,26-27,30-31,33-36,39-42,82H2,1-6H3,(H2,83,107)(H,89,109)(H,90,104)(H,91,103)(H,92,111)(H,93,113)(H,94,108)(H,95,112)(H,96,114)(H,97,110)(H,98,118)(H,99,117)(H,100,116)(H,101,115)(H,105,106)(H4,84,85,86)/t44-,45-,55-,56-,57+,58-,59-,60-,61-,62-,63-,67-,68+/m0/s1. The number of aliphatic hydroxyl groups excluding tert-OH is 1. The van der Waals surface area contributed by atoms with Crippen LogP contribution >= 0.6 is 11.8 Å². The van der Waals surface area contributed by atoms with Gasteiger partial charge in [-0.1, -0.05) is 133 Å². The number of benzene rings is 4. The molecule has 1 fully saturated rings. The highest BCUT2D eigenvalue weighted by molar-refractivity contribution is 8.00. The maximum Gasteiger partial charge on any atom is 0.305 e. The number of carboxylic acids is 1. The van der Waals surface area contributed by atoms with Gasteiger partial charge in [0.05, 0.1) is 25.3 Å². The molecule has 119 heavy (non-hydrogen) atoms. The largest absolute Gasteiger partial charge is 0.481 e. The molecule has 14 amide bonds. The molecular formula is C81H112N20O17S. The Kier molecular flexibility index (Phi) is 36.9. The summed E-state index contributed by atoms with van der Waals surface area (Å²) in [4.78, 5) is 221. The number of aromatic nitrogens is 2. The zero-order valence-electron chi connectivity index (χ0n) is 67.5. The summed E-state index contributed by atoms with van der Waals surface area (Å²) >= 11 is 0.854. The van der Waals surface area contributed by atoms with Gasteiger partial charge in [-0.25, -0.2) is 0 Å². The van der Waals surface area contributed by atoms with Crippen LogP contribution in [0.2, 0.25) is 0 Å². The van der Waals surface area contributed by atoms with Gasteiger partial charge in [0, 0.05) is 65.8 Å². The van der Waals surface area contributed by atoms with Crippen molar-refractivity contribution in [2.24, 2.45) is 29.0 Å². The Morgan fingerprint density at radius 2 is 1.01 bits per heavy atom. The number of nitrogens with two attached hydrogens (primary N) is 3. The van der Waals surface area contributed by atoms with E-state index in [1.54, 1.807) is 107 Å². The van der Waals surface area contributed by atoms with Gasteiger partial charge in [0.2, 0.25) is 82.7 Å². The average Bonchev–Trinajstić information content (AvgIpc) is 1.71. The Balaban J connectivity index is 1.25. The van der Waals surface area contributed by atoms with Gasteiger partial charge in [-0.05, 0) is 103 Å². The molecule has 25 N–H and O–H groups in total. The molecule has 3 heterocycles. The zero-order chi connectivity index (χ0) is 87.0. The number of amides is 14. The van der Waals surface area contributed by atoms with Crippen molar-refractivity contribution in [2.75, 3.05) is 37.7 Å². The predicted octanol–water partition coefficient (Wildman–Crippen LogP) is -1.23. The minimum absolute atomic E-state index is 0.00969. The molecule has 7 rings (SSSR count). The number of carbonyl (C=O) groups is 15. The highest BCUT2D eigenvalue weighted by Crippen LogP contribution is 2.24. The summed E-state index contributed by atoms with van der Waals surface area (Å²) in [5, 5.41) is 67.7. The number of carboxylic acid groups (broad SMARTS) is 1. The zero-order valence-corrected chi connectivity index (χ0v) is 68.3. The molecule has 0 radical (unpaired) electrons. The maximum absolute atomic E-state index is 15.1. The number of fused-ring (bicyclic) bond motifs is 3. The van der Waals surface area contributed by atoms with Crippen LogP contribution in [0.4, 0.5) is 0 Å². The number of nitrogens with one attached hydrogen (secondary N) is 17. The van der Waals surface area contributed by atoms with E-state index in [4.69, 9.17) is 22.6 Å². The number of aliphatic hydroxyl groups is 1. The number of thioether (sulfide) groups is 1. The van der Waals surface area contributed by atoms with Crippen LogP contribution in [0.3, 0.4) is 0 Å². The first-order valence-electron chi connectivity index (χ1n) is 39.8. The van der Waals surface area contributed by atoms with Gasteiger partial charge in [-0.2, -0.15) is 0 Å². The first-order chi connectivity index (χ1) is 56.8. The number of hydrogen-bond acceptors (Lipinski definition) is 19. The molecule has 0 spiro atoms. The molecule has 6 aromatic rings. The van der Waals surface area contributed by atoms with Crippen LogP contribution in [-0.2, 0) is 91.2 Å². The van der Waals surface area contributed by atoms with Gasteiger partial charge in [-0.3, -0.25) is 77.3 Å². The van der Waals surface area contributed by atoms with Crippen molar-refractivity contribution in [1.29, 1.82) is 5.41 Å². The lowest BCUT2D eigenvalue weighted by atomic mass is 9.96. The Bertz CT molecular complexity index is 4590. The number of carbonyl (C=O) groups excluding carboxylic acids is 14. The number of hydrogen-bond donors (Lipinski definition) is 22. The third-order valence-electron chi connectivity index (χ3n) is 20.3. The molecule has 1 saturated heterocycles. The molecule has 0 unspecified atom stereocenters. The number of H-pyrrole nitrogens is 2. The fourth-order valence-corrected chi connectivity index (χ4v) is 14.2. The Labute approximate surface area is 692 Å². The lowest BCUT2D eigenvalue weighted by molar-refractivity contribution is -0.141. The van der Waals surface area contributed by atoms with E-state index in [2.05, 4.69) is 84.4 Å². The van der Waals surface area contributed by atoms with E-state index < -0.39 is 204 Å². The lowest BCUT2D eigenvalue weighted by Gasteiger charge is -2.29. The summed E-state index contributed by atoms with van der Waals surface area (Å²) in [6.45, 7) is 7.85. The Hall–Kier alpha value is -12.2. The highest BCUT2D eigenvalue weighted by atomic mass is 32.2. The summed E-state index contributed by atoms with van der Waals surface area (Å²) in [6.07, 6.45) is 2.72. The molecule has 38 heteroatoms. The molecule has 1 aliphatic heterocycles. The van der Waals surface area contributed by atoms with Gasteiger partial charge in [0.25, 0.3) is 0 Å². The first-order valence-corrected chi connectivity index (χ1v) is 40.9. The van der Waals surface area contributed by atoms with Gasteiger partial charge >= 0.3 is 5.97 Å². The monoisotopic (exact) mass is 1670 g/mol. The van der Waals surface area contributed by atoms with Crippen LogP contribution < -0.4 is 91.6 Å². The average molecular weight is 1670 g/mol. The van der Waals surface area contributed by atoms with E-state index in [-0.39, 0.29) is 76.6 Å². The van der Waals surface area contributed by atoms with Crippen molar-refractivity contribution in [3.8, 4) is 0 Å². The van der Waals surface area contributed by atoms with Gasteiger partial charge in [-0.15, -0.1) is 11.8 Å². The summed E-state index contributed by atoms with van der Waals surface area (Å²) in [5.74, 6) is -17.7. The van der Waals surface area contributed by atoms with Crippen molar-refractivity contribution >= 4 is 139 Å². The Morgan fingerprint density at radius 1 is 0.521 bits per heavy atom. The van der Waals surface area contributed by atoms with E-state index in [1.165, 1.54) is 6.92 Å². The molecule has 0 bridgehead atoms. The molecular weight excluding hydrogens is 1560 g/mol. The lowest BCUT2D eigenvalue weighted by Crippen LogP contribution is -2.61. The molecule has 0 aliphatic carbocycles. The first kappa shape index (κ1) is 94.0. The third-order valence-corrected chi connectivity index (χ3v) is 21.3. The van der Waals surface area contributed by atoms with Gasteiger partial charge in [0.1, 0.15) is 72.5 Å². The summed E-state index contributed by atoms with van der Waals surface area (Å²) in [5.41, 5.74) is 20.2. The highest BCUT2D eigenvalue weighted by Gasteiger charge is 2.39. The molecule has 2 aromatic heterocycles. The third kappa shape index (κ3) is 28.8. The van der Waals surface area contributed by atoms with Crippen molar-refractivity contribution < 1.29 is 82.1 Å².